The summed E-state index contributed by atoms with van der Waals surface area (Å²) in [5.41, 5.74) is 2.66. The van der Waals surface area contributed by atoms with Crippen LogP contribution in [0.4, 0.5) is 5.69 Å². The van der Waals surface area contributed by atoms with Gasteiger partial charge in [-0.05, 0) is 43.9 Å². The van der Waals surface area contributed by atoms with Gasteiger partial charge < -0.3 is 10.2 Å². The maximum Gasteiger partial charge on any atom is 0.0378 e. The van der Waals surface area contributed by atoms with Crippen molar-refractivity contribution in [3.63, 3.8) is 0 Å². The van der Waals surface area contributed by atoms with Gasteiger partial charge in [-0.3, -0.25) is 0 Å². The van der Waals surface area contributed by atoms with Crippen LogP contribution in [0, 0.1) is 6.92 Å². The van der Waals surface area contributed by atoms with Crippen molar-refractivity contribution < 1.29 is 0 Å². The quantitative estimate of drug-likeness (QED) is 0.922. The molecule has 2 nitrogen and oxygen atoms in total. The molecule has 92 valence electrons. The number of nitrogens with zero attached hydrogens (tertiary/aromatic N) is 1. The maximum atomic E-state index is 3.73. The van der Waals surface area contributed by atoms with Crippen LogP contribution in [0.15, 0.2) is 22.7 Å². The lowest BCUT2D eigenvalue weighted by Crippen LogP contribution is -2.33. The fourth-order valence-corrected chi connectivity index (χ4v) is 2.86. The predicted molar refractivity (Wildman–Crippen MR) is 75.7 cm³/mol. The van der Waals surface area contributed by atoms with Crippen LogP contribution in [0.3, 0.4) is 0 Å². The molecule has 17 heavy (non-hydrogen) atoms. The summed E-state index contributed by atoms with van der Waals surface area (Å²) in [6.07, 6.45) is 4.04. The molecule has 1 aromatic rings. The van der Waals surface area contributed by atoms with Crippen LogP contribution >= 0.6 is 15.9 Å². The van der Waals surface area contributed by atoms with E-state index in [2.05, 4.69) is 51.3 Å². The molecule has 1 aliphatic heterocycles. The molecule has 2 aliphatic rings. The molecule has 1 N–H and O–H groups in total. The molecule has 2 fully saturated rings. The third-order valence-corrected chi connectivity index (χ3v) is 4.61. The van der Waals surface area contributed by atoms with Gasteiger partial charge in [0.1, 0.15) is 0 Å². The first-order chi connectivity index (χ1) is 8.22. The van der Waals surface area contributed by atoms with Crippen molar-refractivity contribution >= 4 is 21.6 Å². The Hall–Kier alpha value is -0.540. The average molecular weight is 295 g/mol. The summed E-state index contributed by atoms with van der Waals surface area (Å²) in [7, 11) is 0. The molecule has 1 unspecified atom stereocenters. The molecule has 1 saturated carbocycles. The minimum atomic E-state index is 0.697. The number of halogens is 1. The monoisotopic (exact) mass is 294 g/mol. The Morgan fingerprint density at radius 2 is 2.06 bits per heavy atom. The molecule has 3 rings (SSSR count). The van der Waals surface area contributed by atoms with Crippen LogP contribution in [0.1, 0.15) is 24.8 Å². The fourth-order valence-electron chi connectivity index (χ4n) is 2.49. The molecular formula is C14H19BrN2. The molecule has 0 aromatic heterocycles. The Kier molecular flexibility index (Phi) is 3.14. The molecule has 1 aliphatic carbocycles. The molecule has 1 aromatic carbocycles. The van der Waals surface area contributed by atoms with Gasteiger partial charge in [-0.15, -0.1) is 0 Å². The van der Waals surface area contributed by atoms with Gasteiger partial charge in [-0.2, -0.15) is 0 Å². The standard InChI is InChI=1S/C14H19BrN2/c1-10-2-5-13(8-14(10)15)17-7-6-12(9-17)16-11-3-4-11/h2,5,8,11-12,16H,3-4,6-7,9H2,1H3. The molecular weight excluding hydrogens is 276 g/mol. The molecule has 1 heterocycles. The van der Waals surface area contributed by atoms with Crippen molar-refractivity contribution in [2.24, 2.45) is 0 Å². The highest BCUT2D eigenvalue weighted by atomic mass is 79.9. The van der Waals surface area contributed by atoms with Crippen LogP contribution in [0.25, 0.3) is 0 Å². The second kappa shape index (κ2) is 4.62. The zero-order valence-electron chi connectivity index (χ0n) is 10.2. The fraction of sp³-hybridized carbons (Fsp3) is 0.571. The van der Waals surface area contributed by atoms with E-state index in [1.54, 1.807) is 0 Å². The van der Waals surface area contributed by atoms with Gasteiger partial charge in [-0.1, -0.05) is 22.0 Å². The van der Waals surface area contributed by atoms with Crippen LogP contribution in [0.5, 0.6) is 0 Å². The maximum absolute atomic E-state index is 3.73. The average Bonchev–Trinajstić information content (AvgIpc) is 2.99. The van der Waals surface area contributed by atoms with Gasteiger partial charge in [0.25, 0.3) is 0 Å². The van der Waals surface area contributed by atoms with Crippen molar-refractivity contribution in [1.82, 2.24) is 5.32 Å². The lowest BCUT2D eigenvalue weighted by Gasteiger charge is -2.19. The number of anilines is 1. The number of benzene rings is 1. The van der Waals surface area contributed by atoms with Gasteiger partial charge in [0.05, 0.1) is 0 Å². The van der Waals surface area contributed by atoms with E-state index in [1.807, 2.05) is 0 Å². The number of hydrogen-bond donors (Lipinski definition) is 1. The molecule has 0 spiro atoms. The first-order valence-electron chi connectivity index (χ1n) is 6.49. The van der Waals surface area contributed by atoms with E-state index in [0.717, 1.165) is 12.6 Å². The summed E-state index contributed by atoms with van der Waals surface area (Å²) < 4.78 is 1.22. The minimum absolute atomic E-state index is 0.697. The highest BCUT2D eigenvalue weighted by Crippen LogP contribution is 2.27. The van der Waals surface area contributed by atoms with E-state index in [0.29, 0.717) is 6.04 Å². The SMILES string of the molecule is Cc1ccc(N2CCC(NC3CC3)C2)cc1Br. The van der Waals surface area contributed by atoms with E-state index in [1.165, 1.54) is 41.5 Å². The lowest BCUT2D eigenvalue weighted by atomic mass is 10.2. The van der Waals surface area contributed by atoms with E-state index >= 15 is 0 Å². The minimum Gasteiger partial charge on any atom is -0.370 e. The molecule has 0 radical (unpaired) electrons. The van der Waals surface area contributed by atoms with Crippen molar-refractivity contribution in [3.05, 3.63) is 28.2 Å². The summed E-state index contributed by atoms with van der Waals surface area (Å²) in [6, 6.07) is 8.20. The van der Waals surface area contributed by atoms with E-state index in [4.69, 9.17) is 0 Å². The number of aryl methyl sites for hydroxylation is 1. The Morgan fingerprint density at radius 1 is 1.24 bits per heavy atom. The Labute approximate surface area is 112 Å². The first-order valence-corrected chi connectivity index (χ1v) is 7.29. The number of rotatable bonds is 3. The zero-order chi connectivity index (χ0) is 11.8. The molecule has 3 heteroatoms. The van der Waals surface area contributed by atoms with Crippen LogP contribution in [-0.2, 0) is 0 Å². The largest absolute Gasteiger partial charge is 0.370 e. The van der Waals surface area contributed by atoms with Crippen molar-refractivity contribution in [1.29, 1.82) is 0 Å². The second-order valence-corrected chi connectivity index (χ2v) is 6.16. The van der Waals surface area contributed by atoms with Gasteiger partial charge >= 0.3 is 0 Å². The highest BCUT2D eigenvalue weighted by molar-refractivity contribution is 9.10. The van der Waals surface area contributed by atoms with Crippen molar-refractivity contribution in [2.45, 2.75) is 38.3 Å². The molecule has 1 atom stereocenters. The zero-order valence-corrected chi connectivity index (χ0v) is 11.8. The summed E-state index contributed by atoms with van der Waals surface area (Å²) in [5.74, 6) is 0. The van der Waals surface area contributed by atoms with Crippen molar-refractivity contribution in [2.75, 3.05) is 18.0 Å². The first kappa shape index (κ1) is 11.5. The van der Waals surface area contributed by atoms with Crippen molar-refractivity contribution in [3.8, 4) is 0 Å². The summed E-state index contributed by atoms with van der Waals surface area (Å²) in [5, 5.41) is 3.73. The second-order valence-electron chi connectivity index (χ2n) is 5.31. The summed E-state index contributed by atoms with van der Waals surface area (Å²) in [6.45, 7) is 4.47. The normalized spacial score (nSPS) is 24.4. The van der Waals surface area contributed by atoms with E-state index in [9.17, 15) is 0 Å². The predicted octanol–water partition coefficient (Wildman–Crippen LogP) is 3.09. The Bertz CT molecular complexity index is 415. The van der Waals surface area contributed by atoms with E-state index in [-0.39, 0.29) is 0 Å². The van der Waals surface area contributed by atoms with Crippen LogP contribution in [-0.4, -0.2) is 25.2 Å². The van der Waals surface area contributed by atoms with Crippen LogP contribution < -0.4 is 10.2 Å². The summed E-state index contributed by atoms with van der Waals surface area (Å²) in [4.78, 5) is 2.49. The van der Waals surface area contributed by atoms with E-state index < -0.39 is 0 Å². The number of nitrogens with one attached hydrogen (secondary N) is 1. The van der Waals surface area contributed by atoms with Crippen LogP contribution in [0.2, 0.25) is 0 Å². The topological polar surface area (TPSA) is 15.3 Å². The van der Waals surface area contributed by atoms with Gasteiger partial charge in [0.15, 0.2) is 0 Å². The molecule has 1 saturated heterocycles. The van der Waals surface area contributed by atoms with Gasteiger partial charge in [0, 0.05) is 35.3 Å². The van der Waals surface area contributed by atoms with Gasteiger partial charge in [-0.25, -0.2) is 0 Å². The third-order valence-electron chi connectivity index (χ3n) is 3.76. The molecule has 0 bridgehead atoms. The number of hydrogen-bond acceptors (Lipinski definition) is 2. The third kappa shape index (κ3) is 2.66. The lowest BCUT2D eigenvalue weighted by molar-refractivity contribution is 0.548. The smallest absolute Gasteiger partial charge is 0.0378 e. The Balaban J connectivity index is 1.66. The molecule has 0 amide bonds. The highest BCUT2D eigenvalue weighted by Gasteiger charge is 2.29. The van der Waals surface area contributed by atoms with Gasteiger partial charge in [0.2, 0.25) is 0 Å². The summed E-state index contributed by atoms with van der Waals surface area (Å²) >= 11 is 3.62. The Morgan fingerprint density at radius 3 is 2.76 bits per heavy atom.